The number of hydrogen-bond acceptors (Lipinski definition) is 3. The van der Waals surface area contributed by atoms with Crippen molar-refractivity contribution >= 4 is 29.3 Å². The minimum Gasteiger partial charge on any atom is -0.342 e. The maximum Gasteiger partial charge on any atom is 0.288 e. The van der Waals surface area contributed by atoms with E-state index in [0.717, 1.165) is 12.8 Å². The highest BCUT2D eigenvalue weighted by atomic mass is 32.2. The van der Waals surface area contributed by atoms with Crippen LogP contribution in [-0.4, -0.2) is 35.6 Å². The van der Waals surface area contributed by atoms with Crippen LogP contribution in [0.25, 0.3) is 0 Å². The van der Waals surface area contributed by atoms with E-state index >= 15 is 0 Å². The molecular weight excluding hydrogens is 334 g/mol. The van der Waals surface area contributed by atoms with Crippen molar-refractivity contribution in [3.63, 3.8) is 0 Å². The molecule has 7 heteroatoms. The van der Waals surface area contributed by atoms with Gasteiger partial charge >= 0.3 is 0 Å². The Balaban J connectivity index is 1.47. The van der Waals surface area contributed by atoms with Gasteiger partial charge in [0.1, 0.15) is 0 Å². The van der Waals surface area contributed by atoms with Crippen LogP contribution in [0.15, 0.2) is 29.2 Å². The second-order valence-corrected chi connectivity index (χ2v) is 7.33. The molecule has 1 aliphatic carbocycles. The van der Waals surface area contributed by atoms with Crippen molar-refractivity contribution in [2.45, 2.75) is 36.3 Å². The molecule has 0 unspecified atom stereocenters. The number of halogens is 2. The minimum absolute atomic E-state index is 0.0669. The Morgan fingerprint density at radius 1 is 1.04 bits per heavy atom. The van der Waals surface area contributed by atoms with E-state index in [0.29, 0.717) is 48.3 Å². The van der Waals surface area contributed by atoms with Crippen LogP contribution < -0.4 is 5.32 Å². The maximum atomic E-state index is 12.3. The van der Waals surface area contributed by atoms with Gasteiger partial charge in [-0.25, -0.2) is 0 Å². The van der Waals surface area contributed by atoms with Gasteiger partial charge in [0, 0.05) is 35.5 Å². The smallest absolute Gasteiger partial charge is 0.288 e. The van der Waals surface area contributed by atoms with Gasteiger partial charge < -0.3 is 10.2 Å². The van der Waals surface area contributed by atoms with Gasteiger partial charge in [0.25, 0.3) is 5.76 Å². The zero-order chi connectivity index (χ0) is 17.1. The largest absolute Gasteiger partial charge is 0.342 e. The van der Waals surface area contributed by atoms with Crippen molar-refractivity contribution in [2.75, 3.05) is 18.4 Å². The number of rotatable bonds is 5. The number of nitrogens with zero attached hydrogens (tertiary/aromatic N) is 1. The fourth-order valence-electron chi connectivity index (χ4n) is 2.91. The monoisotopic (exact) mass is 354 g/mol. The summed E-state index contributed by atoms with van der Waals surface area (Å²) in [6.07, 6.45) is 3.34. The standard InChI is InChI=1S/C17H20F2N2O2S/c18-17(19)24-14-5-3-13(4-6-14)20-15(22)11-7-9-21(10-8-11)16(23)12-1-2-12/h3-6,11-12,17H,1-2,7-10H2,(H,20,22). The summed E-state index contributed by atoms with van der Waals surface area (Å²) in [7, 11) is 0. The first kappa shape index (κ1) is 17.2. The highest BCUT2D eigenvalue weighted by Crippen LogP contribution is 2.32. The fraction of sp³-hybridized carbons (Fsp3) is 0.529. The summed E-state index contributed by atoms with van der Waals surface area (Å²) in [4.78, 5) is 26.7. The molecule has 1 aromatic rings. The van der Waals surface area contributed by atoms with Crippen LogP contribution in [0, 0.1) is 11.8 Å². The average molecular weight is 354 g/mol. The van der Waals surface area contributed by atoms with E-state index in [9.17, 15) is 18.4 Å². The number of anilines is 1. The number of nitrogens with one attached hydrogen (secondary N) is 1. The zero-order valence-corrected chi connectivity index (χ0v) is 14.0. The summed E-state index contributed by atoms with van der Waals surface area (Å²) in [6, 6.07) is 6.41. The second kappa shape index (κ2) is 7.51. The van der Waals surface area contributed by atoms with Crippen LogP contribution >= 0.6 is 11.8 Å². The van der Waals surface area contributed by atoms with E-state index in [2.05, 4.69) is 5.32 Å². The highest BCUT2D eigenvalue weighted by Gasteiger charge is 2.35. The van der Waals surface area contributed by atoms with Gasteiger partial charge in [-0.3, -0.25) is 9.59 Å². The Morgan fingerprint density at radius 2 is 1.67 bits per heavy atom. The van der Waals surface area contributed by atoms with Gasteiger partial charge in [-0.15, -0.1) is 0 Å². The molecule has 0 radical (unpaired) electrons. The topological polar surface area (TPSA) is 49.4 Å². The Hall–Kier alpha value is -1.63. The molecule has 1 aliphatic heterocycles. The lowest BCUT2D eigenvalue weighted by molar-refractivity contribution is -0.135. The molecule has 24 heavy (non-hydrogen) atoms. The van der Waals surface area contributed by atoms with Crippen LogP contribution in [0.2, 0.25) is 0 Å². The molecule has 3 rings (SSSR count). The van der Waals surface area contributed by atoms with Crippen LogP contribution in [-0.2, 0) is 9.59 Å². The van der Waals surface area contributed by atoms with Crippen LogP contribution in [0.5, 0.6) is 0 Å². The van der Waals surface area contributed by atoms with Crippen molar-refractivity contribution < 1.29 is 18.4 Å². The number of carbonyl (C=O) groups is 2. The lowest BCUT2D eigenvalue weighted by atomic mass is 9.95. The van der Waals surface area contributed by atoms with E-state index in [4.69, 9.17) is 0 Å². The molecule has 1 saturated carbocycles. The molecule has 0 spiro atoms. The van der Waals surface area contributed by atoms with Crippen molar-refractivity contribution in [1.29, 1.82) is 0 Å². The van der Waals surface area contributed by atoms with Crippen LogP contribution in [0.3, 0.4) is 0 Å². The molecule has 0 aromatic heterocycles. The number of alkyl halides is 2. The molecule has 4 nitrogen and oxygen atoms in total. The van der Waals surface area contributed by atoms with Gasteiger partial charge in [0.2, 0.25) is 11.8 Å². The lowest BCUT2D eigenvalue weighted by Gasteiger charge is -2.31. The van der Waals surface area contributed by atoms with Gasteiger partial charge in [0.15, 0.2) is 0 Å². The van der Waals surface area contributed by atoms with Gasteiger partial charge in [-0.1, -0.05) is 11.8 Å². The molecule has 1 N–H and O–H groups in total. The Bertz CT molecular complexity index is 597. The number of hydrogen-bond donors (Lipinski definition) is 1. The fourth-order valence-corrected chi connectivity index (χ4v) is 3.41. The zero-order valence-electron chi connectivity index (χ0n) is 13.2. The van der Waals surface area contributed by atoms with Crippen molar-refractivity contribution in [3.8, 4) is 0 Å². The Kier molecular flexibility index (Phi) is 5.38. The number of amides is 2. The lowest BCUT2D eigenvalue weighted by Crippen LogP contribution is -2.42. The Labute approximate surface area is 144 Å². The number of carbonyl (C=O) groups excluding carboxylic acids is 2. The first-order valence-electron chi connectivity index (χ1n) is 8.17. The van der Waals surface area contributed by atoms with Gasteiger partial charge in [-0.05, 0) is 49.9 Å². The molecule has 0 atom stereocenters. The summed E-state index contributed by atoms with van der Waals surface area (Å²) in [5.74, 6) is -2.17. The van der Waals surface area contributed by atoms with Crippen molar-refractivity contribution in [3.05, 3.63) is 24.3 Å². The van der Waals surface area contributed by atoms with Crippen molar-refractivity contribution in [2.24, 2.45) is 11.8 Å². The van der Waals surface area contributed by atoms with E-state index in [1.165, 1.54) is 0 Å². The molecule has 0 bridgehead atoms. The molecule has 1 heterocycles. The summed E-state index contributed by atoms with van der Waals surface area (Å²) in [5.41, 5.74) is 0.607. The number of likely N-dealkylation sites (tertiary alicyclic amines) is 1. The van der Waals surface area contributed by atoms with Gasteiger partial charge in [-0.2, -0.15) is 8.78 Å². The normalized spacial score (nSPS) is 18.7. The number of thioether (sulfide) groups is 1. The molecule has 2 fully saturated rings. The summed E-state index contributed by atoms with van der Waals surface area (Å²) >= 11 is 0.481. The molecule has 130 valence electrons. The van der Waals surface area contributed by atoms with Crippen LogP contribution in [0.4, 0.5) is 14.5 Å². The molecule has 2 aliphatic rings. The predicted molar refractivity (Wildman–Crippen MR) is 89.0 cm³/mol. The first-order chi connectivity index (χ1) is 11.5. The SMILES string of the molecule is O=C(Nc1ccc(SC(F)F)cc1)C1CCN(C(=O)C2CC2)CC1. The third kappa shape index (κ3) is 4.47. The molecular formula is C17H20F2N2O2S. The number of benzene rings is 1. The van der Waals surface area contributed by atoms with Crippen molar-refractivity contribution in [1.82, 2.24) is 4.90 Å². The summed E-state index contributed by atoms with van der Waals surface area (Å²) < 4.78 is 24.6. The van der Waals surface area contributed by atoms with E-state index in [1.807, 2.05) is 4.90 Å². The highest BCUT2D eigenvalue weighted by molar-refractivity contribution is 7.99. The maximum absolute atomic E-state index is 12.3. The molecule has 1 aromatic carbocycles. The second-order valence-electron chi connectivity index (χ2n) is 6.27. The third-order valence-electron chi connectivity index (χ3n) is 4.45. The third-order valence-corrected chi connectivity index (χ3v) is 5.17. The average Bonchev–Trinajstić information content (AvgIpc) is 3.40. The Morgan fingerprint density at radius 3 is 2.21 bits per heavy atom. The predicted octanol–water partition coefficient (Wildman–Crippen LogP) is 3.59. The summed E-state index contributed by atoms with van der Waals surface area (Å²) in [6.45, 7) is 1.27. The summed E-state index contributed by atoms with van der Waals surface area (Å²) in [5, 5.41) is 2.83. The molecule has 1 saturated heterocycles. The first-order valence-corrected chi connectivity index (χ1v) is 9.05. The minimum atomic E-state index is -2.45. The van der Waals surface area contributed by atoms with E-state index in [1.54, 1.807) is 24.3 Å². The van der Waals surface area contributed by atoms with Gasteiger partial charge in [0.05, 0.1) is 0 Å². The quantitative estimate of drug-likeness (QED) is 0.822. The molecule has 2 amide bonds. The van der Waals surface area contributed by atoms with E-state index in [-0.39, 0.29) is 23.7 Å². The number of piperidine rings is 1. The van der Waals surface area contributed by atoms with Crippen LogP contribution in [0.1, 0.15) is 25.7 Å². The van der Waals surface area contributed by atoms with E-state index < -0.39 is 5.76 Å².